The smallest absolute Gasteiger partial charge is 0.245 e. The van der Waals surface area contributed by atoms with E-state index in [9.17, 15) is 34.5 Å². The van der Waals surface area contributed by atoms with E-state index in [0.29, 0.717) is 54.6 Å². The van der Waals surface area contributed by atoms with Crippen LogP contribution in [0, 0.1) is 0 Å². The summed E-state index contributed by atoms with van der Waals surface area (Å²) in [5, 5.41) is 39.8. The van der Waals surface area contributed by atoms with Gasteiger partial charge in [0.15, 0.2) is 0 Å². The molecule has 0 fully saturated rings. The zero-order chi connectivity index (χ0) is 35.4. The number of unbranched alkanes of at least 4 members (excludes halogenated alkanes) is 1. The van der Waals surface area contributed by atoms with Crippen LogP contribution in [0.5, 0.6) is 11.5 Å². The Labute approximate surface area is 329 Å². The lowest BCUT2D eigenvalue weighted by Crippen LogP contribution is -2.57. The number of rotatable bonds is 13. The monoisotopic (exact) mass is 814 g/mol. The summed E-state index contributed by atoms with van der Waals surface area (Å²) in [5.41, 5.74) is 25.4. The third-order valence-electron chi connectivity index (χ3n) is 8.41. The number of phenols is 2. The fourth-order valence-electron chi connectivity index (χ4n) is 5.55. The average Bonchev–Trinajstić information content (AvgIpc) is 3.06. The number of carbonyl (C=O) groups excluding carboxylic acids is 4. The van der Waals surface area contributed by atoms with Crippen molar-refractivity contribution in [3.05, 3.63) is 47.5 Å². The minimum absolute atomic E-state index is 0. The lowest BCUT2D eigenvalue weighted by Gasteiger charge is -2.32. The van der Waals surface area contributed by atoms with Gasteiger partial charge in [0, 0.05) is 65.0 Å². The number of nitrogens with one attached hydrogen (secondary N) is 3. The van der Waals surface area contributed by atoms with E-state index in [1.54, 1.807) is 24.3 Å². The van der Waals surface area contributed by atoms with Gasteiger partial charge in [-0.25, -0.2) is 0 Å². The van der Waals surface area contributed by atoms with Gasteiger partial charge in [0.2, 0.25) is 23.6 Å². The van der Waals surface area contributed by atoms with Crippen LogP contribution in [0.15, 0.2) is 36.4 Å². The maximum Gasteiger partial charge on any atom is 0.245 e. The van der Waals surface area contributed by atoms with Gasteiger partial charge in [0.05, 0.1) is 12.1 Å². The third kappa shape index (κ3) is 15.1. The van der Waals surface area contributed by atoms with Crippen LogP contribution >= 0.6 is 49.6 Å². The van der Waals surface area contributed by atoms with Crippen LogP contribution in [0.2, 0.25) is 0 Å². The molecule has 14 N–H and O–H groups in total. The Morgan fingerprint density at radius 1 is 0.923 bits per heavy atom. The molecule has 3 rings (SSSR count). The van der Waals surface area contributed by atoms with E-state index in [-0.39, 0.29) is 112 Å². The molecule has 5 atom stereocenters. The van der Waals surface area contributed by atoms with Crippen LogP contribution in [0.25, 0.3) is 11.1 Å². The number of aromatic hydroxyl groups is 2. The Morgan fingerprint density at radius 2 is 1.50 bits per heavy atom. The van der Waals surface area contributed by atoms with Crippen LogP contribution in [-0.2, 0) is 32.0 Å². The van der Waals surface area contributed by atoms with Crippen LogP contribution < -0.4 is 38.9 Å². The summed E-state index contributed by atoms with van der Waals surface area (Å²) in [5.74, 6) is -2.19. The normalized spacial score (nSPS) is 18.3. The second-order valence-electron chi connectivity index (χ2n) is 12.2. The molecule has 15 nitrogen and oxygen atoms in total. The van der Waals surface area contributed by atoms with Crippen LogP contribution in [0.3, 0.4) is 0 Å². The minimum Gasteiger partial charge on any atom is -0.508 e. The molecule has 0 saturated carbocycles. The molecule has 0 radical (unpaired) electrons. The highest BCUT2D eigenvalue weighted by molar-refractivity contribution is 5.93. The van der Waals surface area contributed by atoms with E-state index in [1.807, 2.05) is 0 Å². The van der Waals surface area contributed by atoms with Crippen molar-refractivity contribution < 1.29 is 34.5 Å². The number of amides is 4. The fraction of sp³-hybridized carbons (Fsp3) is 0.515. The highest BCUT2D eigenvalue weighted by Crippen LogP contribution is 2.31. The first-order chi connectivity index (χ1) is 22.8. The average molecular weight is 817 g/mol. The molecule has 296 valence electrons. The van der Waals surface area contributed by atoms with Crippen molar-refractivity contribution in [1.29, 1.82) is 0 Å². The number of nitrogens with two attached hydrogens (primary N) is 4. The molecule has 0 aliphatic carbocycles. The predicted octanol–water partition coefficient (Wildman–Crippen LogP) is -0.0218. The first-order valence-electron chi connectivity index (χ1n) is 16.2. The number of benzene rings is 2. The molecule has 1 aliphatic rings. The van der Waals surface area contributed by atoms with Gasteiger partial charge in [-0.15, -0.1) is 49.6 Å². The third-order valence-corrected chi connectivity index (χ3v) is 8.41. The quantitative estimate of drug-likeness (QED) is 0.120. The molecule has 0 aromatic heterocycles. The van der Waals surface area contributed by atoms with Crippen molar-refractivity contribution in [3.63, 3.8) is 0 Å². The van der Waals surface area contributed by atoms with E-state index in [4.69, 9.17) is 22.9 Å². The Hall–Kier alpha value is -3.12. The molecule has 4 bridgehead atoms. The fourth-order valence-corrected chi connectivity index (χ4v) is 5.55. The van der Waals surface area contributed by atoms with Gasteiger partial charge in [-0.3, -0.25) is 19.2 Å². The summed E-state index contributed by atoms with van der Waals surface area (Å²) in [4.78, 5) is 53.9. The summed E-state index contributed by atoms with van der Waals surface area (Å²) in [6, 6.07) is 5.81. The molecule has 0 unspecified atom stereocenters. The molecule has 52 heavy (non-hydrogen) atoms. The molecular formula is C33H54Cl4N8O7. The first-order valence-corrected chi connectivity index (χ1v) is 16.2. The molecular weight excluding hydrogens is 762 g/mol. The largest absolute Gasteiger partial charge is 0.508 e. The van der Waals surface area contributed by atoms with Gasteiger partial charge < -0.3 is 59.1 Å². The number of fused-ring (bicyclic) bond motifs is 5. The van der Waals surface area contributed by atoms with E-state index in [2.05, 4.69) is 16.0 Å². The standard InChI is InChI=1S/C33H50N8O7.4ClH/c1-41-27(32(47)39-10-3-2-4-23(36)16-30(45)38-11-9-34)15-22-13-20(6-8-29(22)44)19-5-7-28(43)21(12-19)14-25(37)31(46)40-26(33(41)48)17-24(42)18-35;;;;/h5-8,12-13,23-27,42-44H,2-4,9-11,14-18,34-37H2,1H3,(H,38,45)(H,39,47)(H,40,46);4*1H/t23-,24+,25-,26-,27-;;;;/m0..../s1. The Morgan fingerprint density at radius 3 is 2.06 bits per heavy atom. The predicted molar refractivity (Wildman–Crippen MR) is 209 cm³/mol. The Balaban J connectivity index is 0. The van der Waals surface area contributed by atoms with Crippen molar-refractivity contribution in [2.75, 3.05) is 33.2 Å². The van der Waals surface area contributed by atoms with Crippen molar-refractivity contribution in [2.45, 2.75) is 75.2 Å². The number of hydrogen-bond donors (Lipinski definition) is 10. The first kappa shape index (κ1) is 51.0. The van der Waals surface area contributed by atoms with Crippen LogP contribution in [-0.4, -0.2) is 107 Å². The summed E-state index contributed by atoms with van der Waals surface area (Å²) < 4.78 is 0. The number of aliphatic hydroxyl groups is 1. The van der Waals surface area contributed by atoms with E-state index < -0.39 is 42.0 Å². The number of carbonyl (C=O) groups is 4. The number of hydrogen-bond acceptors (Lipinski definition) is 11. The van der Waals surface area contributed by atoms with Gasteiger partial charge in [0.1, 0.15) is 23.6 Å². The van der Waals surface area contributed by atoms with Gasteiger partial charge >= 0.3 is 0 Å². The highest BCUT2D eigenvalue weighted by Gasteiger charge is 2.35. The van der Waals surface area contributed by atoms with Gasteiger partial charge in [-0.05, 0) is 59.4 Å². The molecule has 2 aromatic rings. The lowest BCUT2D eigenvalue weighted by atomic mass is 9.95. The number of aliphatic hydroxyl groups excluding tert-OH is 1. The SMILES string of the molecule is CN1C(=O)[C@H](C[C@@H](O)CN)NC(=O)[C@@H](N)Cc2cc(ccc2O)-c2ccc(O)c(c2)C[C@H]1C(=O)NCCCC[C@H](N)CC(=O)NCCN.Cl.Cl.Cl.Cl. The number of nitrogens with zero attached hydrogens (tertiary/aromatic N) is 1. The molecule has 4 amide bonds. The number of likely N-dealkylation sites (N-methyl/N-ethyl adjacent to an activating group) is 1. The van der Waals surface area contributed by atoms with Gasteiger partial charge in [-0.1, -0.05) is 18.6 Å². The maximum atomic E-state index is 13.9. The van der Waals surface area contributed by atoms with Crippen molar-refractivity contribution >= 4 is 73.3 Å². The Kier molecular flexibility index (Phi) is 24.5. The van der Waals surface area contributed by atoms with Gasteiger partial charge in [0.25, 0.3) is 0 Å². The summed E-state index contributed by atoms with van der Waals surface area (Å²) in [6.07, 6.45) is 0.393. The maximum absolute atomic E-state index is 13.9. The molecule has 19 heteroatoms. The lowest BCUT2D eigenvalue weighted by molar-refractivity contribution is -0.142. The second-order valence-corrected chi connectivity index (χ2v) is 12.2. The highest BCUT2D eigenvalue weighted by atomic mass is 35.5. The minimum atomic E-state index is -1.28. The molecule has 0 saturated heterocycles. The zero-order valence-corrected chi connectivity index (χ0v) is 32.3. The van der Waals surface area contributed by atoms with Crippen molar-refractivity contribution in [2.24, 2.45) is 22.9 Å². The molecule has 1 aliphatic heterocycles. The Bertz CT molecular complexity index is 1440. The molecule has 2 aromatic carbocycles. The number of halogens is 4. The summed E-state index contributed by atoms with van der Waals surface area (Å²) in [7, 11) is 1.41. The van der Waals surface area contributed by atoms with Gasteiger partial charge in [-0.2, -0.15) is 0 Å². The van der Waals surface area contributed by atoms with Crippen LogP contribution in [0.4, 0.5) is 0 Å². The van der Waals surface area contributed by atoms with E-state index >= 15 is 0 Å². The zero-order valence-electron chi connectivity index (χ0n) is 29.0. The summed E-state index contributed by atoms with van der Waals surface area (Å²) in [6.45, 7) is 0.797. The van der Waals surface area contributed by atoms with E-state index in [1.165, 1.54) is 24.1 Å². The van der Waals surface area contributed by atoms with Crippen molar-refractivity contribution in [3.8, 4) is 22.6 Å². The topological polar surface area (TPSA) is 272 Å². The summed E-state index contributed by atoms with van der Waals surface area (Å²) >= 11 is 0. The van der Waals surface area contributed by atoms with E-state index in [0.717, 1.165) is 0 Å². The second kappa shape index (κ2) is 25.0. The van der Waals surface area contributed by atoms with Crippen molar-refractivity contribution in [1.82, 2.24) is 20.9 Å². The van der Waals surface area contributed by atoms with Crippen LogP contribution in [0.1, 0.15) is 43.2 Å². The number of phenolic OH excluding ortho intramolecular Hbond substituents is 2. The molecule has 0 spiro atoms. The molecule has 1 heterocycles.